The summed E-state index contributed by atoms with van der Waals surface area (Å²) < 4.78 is 4.84. The summed E-state index contributed by atoms with van der Waals surface area (Å²) in [6.45, 7) is 8.14. The lowest BCUT2D eigenvalue weighted by molar-refractivity contribution is -0.152. The third-order valence-electron chi connectivity index (χ3n) is 2.70. The Bertz CT molecular complexity index is 298. The van der Waals surface area contributed by atoms with Crippen molar-refractivity contribution in [2.75, 3.05) is 6.61 Å². The Labute approximate surface area is 95.3 Å². The second kappa shape index (κ2) is 5.65. The number of ether oxygens (including phenoxy) is 1. The monoisotopic (exact) mass is 229 g/mol. The van der Waals surface area contributed by atoms with Crippen molar-refractivity contribution < 1.29 is 19.4 Å². The third-order valence-corrected chi connectivity index (χ3v) is 2.70. The summed E-state index contributed by atoms with van der Waals surface area (Å²) in [5, 5.41) is 9.04. The Balaban J connectivity index is 4.31. The minimum Gasteiger partial charge on any atom is -0.481 e. The number of carbonyl (C=O) groups is 2. The molecule has 0 radical (unpaired) electrons. The van der Waals surface area contributed by atoms with Gasteiger partial charge in [-0.05, 0) is 27.2 Å². The number of esters is 1. The first-order valence-corrected chi connectivity index (χ1v) is 5.03. The van der Waals surface area contributed by atoms with Crippen molar-refractivity contribution in [1.29, 1.82) is 0 Å². The molecule has 0 aromatic rings. The lowest BCUT2D eigenvalue weighted by Gasteiger charge is -2.28. The first kappa shape index (κ1) is 14.6. The summed E-state index contributed by atoms with van der Waals surface area (Å²) >= 11 is 0. The predicted molar refractivity (Wildman–Crippen MR) is 59.8 cm³/mol. The largest absolute Gasteiger partial charge is 0.481 e. The van der Waals surface area contributed by atoms with Crippen LogP contribution in [0.3, 0.4) is 0 Å². The van der Waals surface area contributed by atoms with Crippen molar-refractivity contribution in [1.82, 2.24) is 0 Å². The number of carbonyl (C=O) groups excluding carboxylic acids is 1. The second-order valence-electron chi connectivity index (χ2n) is 4.18. The Morgan fingerprint density at radius 1 is 1.56 bits per heavy atom. The lowest BCUT2D eigenvalue weighted by atomic mass is 9.81. The standard InChI is InChI=1S/C11H19NO4/c1-7(2)9(13)16-6-5-11(4,8(3)12)10(14)15/h8H,1,5-6,12H2,2-4H3,(H,14,15). The zero-order valence-corrected chi connectivity index (χ0v) is 9.95. The number of hydrogen-bond acceptors (Lipinski definition) is 4. The highest BCUT2D eigenvalue weighted by Gasteiger charge is 2.37. The molecular formula is C11H19NO4. The summed E-state index contributed by atoms with van der Waals surface area (Å²) in [6.07, 6.45) is 0.180. The molecule has 0 amide bonds. The van der Waals surface area contributed by atoms with E-state index in [1.807, 2.05) is 0 Å². The van der Waals surface area contributed by atoms with Gasteiger partial charge < -0.3 is 15.6 Å². The normalized spacial score (nSPS) is 16.0. The van der Waals surface area contributed by atoms with Crippen molar-refractivity contribution >= 4 is 11.9 Å². The van der Waals surface area contributed by atoms with Crippen LogP contribution < -0.4 is 5.73 Å². The van der Waals surface area contributed by atoms with E-state index >= 15 is 0 Å². The van der Waals surface area contributed by atoms with Crippen molar-refractivity contribution in [3.63, 3.8) is 0 Å². The number of aliphatic carboxylic acids is 1. The van der Waals surface area contributed by atoms with Crippen molar-refractivity contribution in [2.24, 2.45) is 11.1 Å². The van der Waals surface area contributed by atoms with Crippen molar-refractivity contribution in [2.45, 2.75) is 33.2 Å². The molecular weight excluding hydrogens is 210 g/mol. The smallest absolute Gasteiger partial charge is 0.333 e. The molecule has 0 spiro atoms. The number of hydrogen-bond donors (Lipinski definition) is 2. The van der Waals surface area contributed by atoms with Gasteiger partial charge in [-0.2, -0.15) is 0 Å². The van der Waals surface area contributed by atoms with E-state index in [9.17, 15) is 9.59 Å². The molecule has 0 bridgehead atoms. The van der Waals surface area contributed by atoms with E-state index in [1.54, 1.807) is 6.92 Å². The van der Waals surface area contributed by atoms with Crippen molar-refractivity contribution in [3.8, 4) is 0 Å². The third kappa shape index (κ3) is 3.66. The van der Waals surface area contributed by atoms with Crippen LogP contribution in [-0.2, 0) is 14.3 Å². The van der Waals surface area contributed by atoms with Gasteiger partial charge in [-0.25, -0.2) is 4.79 Å². The molecule has 0 saturated heterocycles. The number of rotatable bonds is 6. The van der Waals surface area contributed by atoms with Gasteiger partial charge in [0.2, 0.25) is 0 Å². The van der Waals surface area contributed by atoms with Crippen LogP contribution in [0.4, 0.5) is 0 Å². The van der Waals surface area contributed by atoms with Crippen LogP contribution in [0, 0.1) is 5.41 Å². The van der Waals surface area contributed by atoms with Gasteiger partial charge in [0.15, 0.2) is 0 Å². The zero-order chi connectivity index (χ0) is 12.9. The molecule has 0 fully saturated rings. The number of carboxylic acids is 1. The molecule has 0 saturated carbocycles. The molecule has 2 atom stereocenters. The predicted octanol–water partition coefficient (Wildman–Crippen LogP) is 0.934. The Morgan fingerprint density at radius 3 is 2.38 bits per heavy atom. The maximum atomic E-state index is 11.1. The molecule has 2 unspecified atom stereocenters. The average molecular weight is 229 g/mol. The summed E-state index contributed by atoms with van der Waals surface area (Å²) in [5.74, 6) is -1.51. The van der Waals surface area contributed by atoms with E-state index in [0.29, 0.717) is 0 Å². The first-order valence-electron chi connectivity index (χ1n) is 5.03. The Morgan fingerprint density at radius 2 is 2.06 bits per heavy atom. The van der Waals surface area contributed by atoms with Crippen LogP contribution in [0.2, 0.25) is 0 Å². The van der Waals surface area contributed by atoms with E-state index in [2.05, 4.69) is 6.58 Å². The van der Waals surface area contributed by atoms with Gasteiger partial charge in [0, 0.05) is 11.6 Å². The van der Waals surface area contributed by atoms with Crippen LogP contribution in [0.5, 0.6) is 0 Å². The molecule has 5 nitrogen and oxygen atoms in total. The minimum absolute atomic E-state index is 0.0238. The lowest BCUT2D eigenvalue weighted by Crippen LogP contribution is -2.44. The van der Waals surface area contributed by atoms with Crippen LogP contribution in [0.15, 0.2) is 12.2 Å². The van der Waals surface area contributed by atoms with E-state index in [4.69, 9.17) is 15.6 Å². The quantitative estimate of drug-likeness (QED) is 0.522. The summed E-state index contributed by atoms with van der Waals surface area (Å²) in [4.78, 5) is 22.1. The molecule has 0 rings (SSSR count). The van der Waals surface area contributed by atoms with Gasteiger partial charge in [0.05, 0.1) is 12.0 Å². The molecule has 0 aliphatic heterocycles. The van der Waals surface area contributed by atoms with E-state index in [0.717, 1.165) is 0 Å². The average Bonchev–Trinajstić information content (AvgIpc) is 2.16. The SMILES string of the molecule is C=C(C)C(=O)OCCC(C)(C(=O)O)C(C)N. The second-order valence-corrected chi connectivity index (χ2v) is 4.18. The maximum absolute atomic E-state index is 11.1. The van der Waals surface area contributed by atoms with Crippen LogP contribution >= 0.6 is 0 Å². The molecule has 0 heterocycles. The van der Waals surface area contributed by atoms with Gasteiger partial charge in [-0.3, -0.25) is 4.79 Å². The molecule has 3 N–H and O–H groups in total. The highest BCUT2D eigenvalue weighted by Crippen LogP contribution is 2.25. The van der Waals surface area contributed by atoms with Gasteiger partial charge in [-0.1, -0.05) is 6.58 Å². The molecule has 0 aromatic heterocycles. The first-order chi connectivity index (χ1) is 7.21. The highest BCUT2D eigenvalue weighted by molar-refractivity contribution is 5.86. The number of nitrogens with two attached hydrogens (primary N) is 1. The summed E-state index contributed by atoms with van der Waals surface area (Å²) in [7, 11) is 0. The molecule has 92 valence electrons. The van der Waals surface area contributed by atoms with Crippen LogP contribution in [-0.4, -0.2) is 29.7 Å². The molecule has 0 aromatic carbocycles. The molecule has 5 heteroatoms. The highest BCUT2D eigenvalue weighted by atomic mass is 16.5. The molecule has 0 aliphatic carbocycles. The molecule has 16 heavy (non-hydrogen) atoms. The van der Waals surface area contributed by atoms with Crippen LogP contribution in [0.25, 0.3) is 0 Å². The van der Waals surface area contributed by atoms with E-state index in [-0.39, 0.29) is 18.6 Å². The summed E-state index contributed by atoms with van der Waals surface area (Å²) in [6, 6.07) is -0.520. The zero-order valence-electron chi connectivity index (χ0n) is 9.95. The topological polar surface area (TPSA) is 89.6 Å². The van der Waals surface area contributed by atoms with Crippen LogP contribution in [0.1, 0.15) is 27.2 Å². The summed E-state index contributed by atoms with van der Waals surface area (Å²) in [5.41, 5.74) is 4.81. The fraction of sp³-hybridized carbons (Fsp3) is 0.636. The van der Waals surface area contributed by atoms with Gasteiger partial charge in [0.1, 0.15) is 0 Å². The number of carboxylic acid groups (broad SMARTS) is 1. The van der Waals surface area contributed by atoms with Crippen molar-refractivity contribution in [3.05, 3.63) is 12.2 Å². The Hall–Kier alpha value is -1.36. The fourth-order valence-corrected chi connectivity index (χ4v) is 1.01. The van der Waals surface area contributed by atoms with E-state index in [1.165, 1.54) is 13.8 Å². The fourth-order valence-electron chi connectivity index (χ4n) is 1.01. The Kier molecular flexibility index (Phi) is 5.17. The minimum atomic E-state index is -1.09. The molecule has 0 aliphatic rings. The van der Waals surface area contributed by atoms with Gasteiger partial charge in [-0.15, -0.1) is 0 Å². The maximum Gasteiger partial charge on any atom is 0.333 e. The van der Waals surface area contributed by atoms with E-state index < -0.39 is 23.4 Å². The van der Waals surface area contributed by atoms with Gasteiger partial charge >= 0.3 is 11.9 Å². The van der Waals surface area contributed by atoms with Gasteiger partial charge in [0.25, 0.3) is 0 Å².